The lowest BCUT2D eigenvalue weighted by Crippen LogP contribution is -2.28. The number of aryl methyl sites for hydroxylation is 1. The summed E-state index contributed by atoms with van der Waals surface area (Å²) in [5.74, 6) is 0.673. The van der Waals surface area contributed by atoms with Gasteiger partial charge in [-0.1, -0.05) is 22.4 Å². The molecule has 7 nitrogen and oxygen atoms in total. The van der Waals surface area contributed by atoms with Gasteiger partial charge in [-0.2, -0.15) is 0 Å². The number of hydrogen-bond acceptors (Lipinski definition) is 6. The Bertz CT molecular complexity index is 708. The number of anilines is 1. The van der Waals surface area contributed by atoms with Crippen LogP contribution in [0.2, 0.25) is 0 Å². The first-order chi connectivity index (χ1) is 10.1. The standard InChI is InChI=1S/C14H13N3O4/c1-8-6-13(17-20-8)15-14(19)12-7-10(16-21-12)9-4-2-3-5-11(9)18/h2-6,12,18H,7H2,1H3,(H,15,17,19)/t12-/m1/s1. The molecule has 0 radical (unpaired) electrons. The van der Waals surface area contributed by atoms with Gasteiger partial charge in [-0.15, -0.1) is 0 Å². The van der Waals surface area contributed by atoms with Gasteiger partial charge < -0.3 is 19.8 Å². The van der Waals surface area contributed by atoms with E-state index in [2.05, 4.69) is 15.6 Å². The van der Waals surface area contributed by atoms with Crippen molar-refractivity contribution in [1.82, 2.24) is 5.16 Å². The average Bonchev–Trinajstić information content (AvgIpc) is 3.09. The number of oxime groups is 1. The Labute approximate surface area is 120 Å². The first-order valence-electron chi connectivity index (χ1n) is 6.39. The molecule has 21 heavy (non-hydrogen) atoms. The molecule has 3 rings (SSSR count). The average molecular weight is 287 g/mol. The summed E-state index contributed by atoms with van der Waals surface area (Å²) < 4.78 is 4.87. The van der Waals surface area contributed by atoms with Crippen molar-refractivity contribution in [2.75, 3.05) is 5.32 Å². The van der Waals surface area contributed by atoms with Gasteiger partial charge in [0, 0.05) is 18.1 Å². The van der Waals surface area contributed by atoms with Crippen LogP contribution in [0.15, 0.2) is 40.0 Å². The second kappa shape index (κ2) is 5.28. The van der Waals surface area contributed by atoms with E-state index in [9.17, 15) is 9.90 Å². The third kappa shape index (κ3) is 2.71. The minimum Gasteiger partial charge on any atom is -0.507 e. The molecule has 2 N–H and O–H groups in total. The molecular formula is C14H13N3O4. The van der Waals surface area contributed by atoms with Crippen molar-refractivity contribution in [1.29, 1.82) is 0 Å². The molecular weight excluding hydrogens is 274 g/mol. The normalized spacial score (nSPS) is 17.2. The molecule has 1 aliphatic heterocycles. The molecule has 108 valence electrons. The van der Waals surface area contributed by atoms with E-state index in [1.54, 1.807) is 37.3 Å². The van der Waals surface area contributed by atoms with Crippen molar-refractivity contribution in [3.63, 3.8) is 0 Å². The number of nitrogens with one attached hydrogen (secondary N) is 1. The second-order valence-corrected chi connectivity index (χ2v) is 4.67. The summed E-state index contributed by atoms with van der Waals surface area (Å²) in [4.78, 5) is 17.2. The van der Waals surface area contributed by atoms with Crippen molar-refractivity contribution in [2.24, 2.45) is 5.16 Å². The fourth-order valence-electron chi connectivity index (χ4n) is 2.03. The smallest absolute Gasteiger partial charge is 0.269 e. The molecule has 0 spiro atoms. The van der Waals surface area contributed by atoms with Crippen LogP contribution in [0.5, 0.6) is 5.75 Å². The van der Waals surface area contributed by atoms with Crippen LogP contribution < -0.4 is 5.32 Å². The van der Waals surface area contributed by atoms with E-state index in [-0.39, 0.29) is 18.1 Å². The maximum absolute atomic E-state index is 12.0. The second-order valence-electron chi connectivity index (χ2n) is 4.67. The van der Waals surface area contributed by atoms with Gasteiger partial charge in [0.15, 0.2) is 5.82 Å². The number of phenolic OH excluding ortho intramolecular Hbond substituents is 1. The molecule has 1 aromatic heterocycles. The first-order valence-corrected chi connectivity index (χ1v) is 6.39. The molecule has 2 heterocycles. The van der Waals surface area contributed by atoms with E-state index in [4.69, 9.17) is 9.36 Å². The molecule has 0 bridgehead atoms. The number of carbonyl (C=O) groups excluding carboxylic acids is 1. The monoisotopic (exact) mass is 287 g/mol. The minimum absolute atomic E-state index is 0.105. The molecule has 0 aliphatic carbocycles. The Hall–Kier alpha value is -2.83. The summed E-state index contributed by atoms with van der Waals surface area (Å²) >= 11 is 0. The van der Waals surface area contributed by atoms with Crippen LogP contribution in [0.25, 0.3) is 0 Å². The first kappa shape index (κ1) is 13.2. The SMILES string of the molecule is Cc1cc(NC(=O)[C@H]2CC(c3ccccc3O)=NO2)no1. The number of phenols is 1. The molecule has 1 aliphatic rings. The van der Waals surface area contributed by atoms with E-state index in [1.165, 1.54) is 0 Å². The van der Waals surface area contributed by atoms with E-state index in [0.717, 1.165) is 0 Å². The summed E-state index contributed by atoms with van der Waals surface area (Å²) in [7, 11) is 0. The number of aromatic nitrogens is 1. The predicted molar refractivity (Wildman–Crippen MR) is 74.0 cm³/mol. The largest absolute Gasteiger partial charge is 0.507 e. The number of para-hydroxylation sites is 1. The molecule has 0 saturated heterocycles. The van der Waals surface area contributed by atoms with Crippen LogP contribution in [-0.4, -0.2) is 28.0 Å². The number of rotatable bonds is 3. The summed E-state index contributed by atoms with van der Waals surface area (Å²) in [6.07, 6.45) is -0.475. The molecule has 1 atom stereocenters. The third-order valence-electron chi connectivity index (χ3n) is 3.06. The third-order valence-corrected chi connectivity index (χ3v) is 3.06. The lowest BCUT2D eigenvalue weighted by molar-refractivity contribution is -0.125. The Morgan fingerprint density at radius 2 is 2.24 bits per heavy atom. The molecule has 0 unspecified atom stereocenters. The summed E-state index contributed by atoms with van der Waals surface area (Å²) in [6, 6.07) is 8.38. The molecule has 1 aromatic carbocycles. The Morgan fingerprint density at radius 3 is 2.95 bits per heavy atom. The van der Waals surface area contributed by atoms with Gasteiger partial charge in [0.2, 0.25) is 6.10 Å². The number of amides is 1. The lowest BCUT2D eigenvalue weighted by Gasteiger charge is -2.07. The number of carbonyl (C=O) groups is 1. The predicted octanol–water partition coefficient (Wildman–Crippen LogP) is 1.82. The highest BCUT2D eigenvalue weighted by atomic mass is 16.6. The van der Waals surface area contributed by atoms with Gasteiger partial charge in [-0.3, -0.25) is 4.79 Å². The Morgan fingerprint density at radius 1 is 1.43 bits per heavy atom. The molecule has 1 amide bonds. The minimum atomic E-state index is -0.753. The number of aromatic hydroxyl groups is 1. The fourth-order valence-corrected chi connectivity index (χ4v) is 2.03. The van der Waals surface area contributed by atoms with E-state index < -0.39 is 6.10 Å². The van der Waals surface area contributed by atoms with Crippen molar-refractivity contribution >= 4 is 17.4 Å². The lowest BCUT2D eigenvalue weighted by atomic mass is 10.0. The van der Waals surface area contributed by atoms with Crippen LogP contribution in [0.3, 0.4) is 0 Å². The van der Waals surface area contributed by atoms with E-state index in [0.29, 0.717) is 22.9 Å². The summed E-state index contributed by atoms with van der Waals surface area (Å²) in [6.45, 7) is 1.73. The van der Waals surface area contributed by atoms with Crippen LogP contribution in [0.4, 0.5) is 5.82 Å². The number of nitrogens with zero attached hydrogens (tertiary/aromatic N) is 2. The zero-order valence-corrected chi connectivity index (χ0v) is 11.2. The Balaban J connectivity index is 1.66. The zero-order chi connectivity index (χ0) is 14.8. The van der Waals surface area contributed by atoms with Crippen molar-refractivity contribution < 1.29 is 19.3 Å². The maximum atomic E-state index is 12.0. The molecule has 2 aromatic rings. The van der Waals surface area contributed by atoms with Crippen molar-refractivity contribution in [2.45, 2.75) is 19.4 Å². The topological polar surface area (TPSA) is 97.0 Å². The van der Waals surface area contributed by atoms with Gasteiger partial charge in [0.25, 0.3) is 5.91 Å². The van der Waals surface area contributed by atoms with Gasteiger partial charge in [0.05, 0.1) is 5.71 Å². The van der Waals surface area contributed by atoms with E-state index in [1.807, 2.05) is 0 Å². The molecule has 7 heteroatoms. The zero-order valence-electron chi connectivity index (χ0n) is 11.2. The quantitative estimate of drug-likeness (QED) is 0.897. The number of benzene rings is 1. The highest BCUT2D eigenvalue weighted by Gasteiger charge is 2.30. The maximum Gasteiger partial charge on any atom is 0.269 e. The van der Waals surface area contributed by atoms with Crippen molar-refractivity contribution in [3.8, 4) is 5.75 Å². The van der Waals surface area contributed by atoms with Gasteiger partial charge in [-0.05, 0) is 19.1 Å². The van der Waals surface area contributed by atoms with Gasteiger partial charge >= 0.3 is 0 Å². The molecule has 0 saturated carbocycles. The number of hydrogen-bond donors (Lipinski definition) is 2. The molecule has 0 fully saturated rings. The van der Waals surface area contributed by atoms with Gasteiger partial charge in [-0.25, -0.2) is 0 Å². The van der Waals surface area contributed by atoms with Crippen LogP contribution in [-0.2, 0) is 9.63 Å². The summed E-state index contributed by atoms with van der Waals surface area (Å²) in [5, 5.41) is 19.9. The highest BCUT2D eigenvalue weighted by molar-refractivity contribution is 6.07. The fraction of sp³-hybridized carbons (Fsp3) is 0.214. The Kier molecular flexibility index (Phi) is 3.31. The highest BCUT2D eigenvalue weighted by Crippen LogP contribution is 2.24. The van der Waals surface area contributed by atoms with Crippen LogP contribution in [0, 0.1) is 6.92 Å². The summed E-state index contributed by atoms with van der Waals surface area (Å²) in [5.41, 5.74) is 1.09. The van der Waals surface area contributed by atoms with Crippen LogP contribution >= 0.6 is 0 Å². The van der Waals surface area contributed by atoms with Gasteiger partial charge in [0.1, 0.15) is 11.5 Å². The van der Waals surface area contributed by atoms with Crippen molar-refractivity contribution in [3.05, 3.63) is 41.7 Å². The van der Waals surface area contributed by atoms with Crippen LogP contribution in [0.1, 0.15) is 17.7 Å². The van der Waals surface area contributed by atoms with E-state index >= 15 is 0 Å².